The number of rotatable bonds is 3. The lowest BCUT2D eigenvalue weighted by Crippen LogP contribution is -2.49. The van der Waals surface area contributed by atoms with Gasteiger partial charge in [-0.05, 0) is 37.1 Å². The first-order valence-electron chi connectivity index (χ1n) is 6.84. The second-order valence-corrected chi connectivity index (χ2v) is 6.33. The summed E-state index contributed by atoms with van der Waals surface area (Å²) in [6.45, 7) is 3.60. The van der Waals surface area contributed by atoms with Gasteiger partial charge in [-0.15, -0.1) is 11.3 Å². The van der Waals surface area contributed by atoms with Crippen molar-refractivity contribution >= 4 is 11.3 Å². The fourth-order valence-electron chi connectivity index (χ4n) is 2.95. The van der Waals surface area contributed by atoms with E-state index in [0.29, 0.717) is 6.04 Å². The summed E-state index contributed by atoms with van der Waals surface area (Å²) in [5.74, 6) is 0. The lowest BCUT2D eigenvalue weighted by molar-refractivity contribution is -0.140. The van der Waals surface area contributed by atoms with Crippen molar-refractivity contribution in [3.05, 3.63) is 22.4 Å². The maximum Gasteiger partial charge on any atom is 0.0741 e. The average Bonchev–Trinajstić information content (AvgIpc) is 2.91. The Labute approximate surface area is 112 Å². The molecular weight excluding hydrogens is 246 g/mol. The van der Waals surface area contributed by atoms with E-state index in [2.05, 4.69) is 22.8 Å². The SMILES string of the molecule is c1csc(CNC2CCOC3(CCOCC3)C2)c1. The maximum atomic E-state index is 6.06. The molecule has 0 radical (unpaired) electrons. The molecule has 0 saturated carbocycles. The van der Waals surface area contributed by atoms with Gasteiger partial charge in [-0.3, -0.25) is 0 Å². The summed E-state index contributed by atoms with van der Waals surface area (Å²) in [5, 5.41) is 5.83. The third-order valence-electron chi connectivity index (χ3n) is 4.04. The van der Waals surface area contributed by atoms with Crippen LogP contribution in [0.3, 0.4) is 0 Å². The van der Waals surface area contributed by atoms with Gasteiger partial charge in [0, 0.05) is 37.3 Å². The molecule has 2 aliphatic heterocycles. The Morgan fingerprint density at radius 1 is 1.33 bits per heavy atom. The molecule has 3 heterocycles. The normalized spacial score (nSPS) is 27.4. The van der Waals surface area contributed by atoms with E-state index in [1.54, 1.807) is 0 Å². The van der Waals surface area contributed by atoms with Gasteiger partial charge in [-0.25, -0.2) is 0 Å². The second-order valence-electron chi connectivity index (χ2n) is 5.29. The fourth-order valence-corrected chi connectivity index (χ4v) is 3.61. The summed E-state index contributed by atoms with van der Waals surface area (Å²) in [4.78, 5) is 1.42. The Morgan fingerprint density at radius 3 is 3.00 bits per heavy atom. The molecule has 2 aliphatic rings. The van der Waals surface area contributed by atoms with Crippen LogP contribution in [-0.2, 0) is 16.0 Å². The molecule has 2 fully saturated rings. The molecular formula is C14H21NO2S. The summed E-state index contributed by atoms with van der Waals surface area (Å²) in [7, 11) is 0. The van der Waals surface area contributed by atoms with Crippen LogP contribution in [0, 0.1) is 0 Å². The van der Waals surface area contributed by atoms with Crippen LogP contribution in [0.5, 0.6) is 0 Å². The molecule has 1 aromatic heterocycles. The lowest BCUT2D eigenvalue weighted by Gasteiger charge is -2.43. The van der Waals surface area contributed by atoms with Crippen molar-refractivity contribution in [1.82, 2.24) is 5.32 Å². The molecule has 0 amide bonds. The van der Waals surface area contributed by atoms with Gasteiger partial charge in [0.15, 0.2) is 0 Å². The van der Waals surface area contributed by atoms with Crippen LogP contribution >= 0.6 is 11.3 Å². The predicted octanol–water partition coefficient (Wildman–Crippen LogP) is 2.57. The van der Waals surface area contributed by atoms with E-state index in [9.17, 15) is 0 Å². The Morgan fingerprint density at radius 2 is 2.22 bits per heavy atom. The number of hydrogen-bond donors (Lipinski definition) is 1. The average molecular weight is 267 g/mol. The summed E-state index contributed by atoms with van der Waals surface area (Å²) in [5.41, 5.74) is 0.101. The predicted molar refractivity (Wildman–Crippen MR) is 72.9 cm³/mol. The van der Waals surface area contributed by atoms with Crippen LogP contribution in [0.4, 0.5) is 0 Å². The molecule has 1 spiro atoms. The van der Waals surface area contributed by atoms with Gasteiger partial charge < -0.3 is 14.8 Å². The smallest absolute Gasteiger partial charge is 0.0741 e. The molecule has 4 heteroatoms. The maximum absolute atomic E-state index is 6.06. The Hall–Kier alpha value is -0.420. The van der Waals surface area contributed by atoms with E-state index in [4.69, 9.17) is 9.47 Å². The van der Waals surface area contributed by atoms with Crippen LogP contribution < -0.4 is 5.32 Å². The van der Waals surface area contributed by atoms with Crippen molar-refractivity contribution in [3.8, 4) is 0 Å². The minimum absolute atomic E-state index is 0.101. The third kappa shape index (κ3) is 2.94. The van der Waals surface area contributed by atoms with Crippen LogP contribution in [0.1, 0.15) is 30.6 Å². The number of nitrogens with one attached hydrogen (secondary N) is 1. The lowest BCUT2D eigenvalue weighted by atomic mass is 9.84. The highest BCUT2D eigenvalue weighted by atomic mass is 32.1. The van der Waals surface area contributed by atoms with E-state index in [0.717, 1.165) is 52.0 Å². The fraction of sp³-hybridized carbons (Fsp3) is 0.714. The van der Waals surface area contributed by atoms with Crippen molar-refractivity contribution in [3.63, 3.8) is 0 Å². The van der Waals surface area contributed by atoms with Crippen molar-refractivity contribution < 1.29 is 9.47 Å². The zero-order valence-electron chi connectivity index (χ0n) is 10.7. The van der Waals surface area contributed by atoms with Gasteiger partial charge in [0.2, 0.25) is 0 Å². The summed E-state index contributed by atoms with van der Waals surface area (Å²) in [6.07, 6.45) is 4.39. The number of thiophene rings is 1. The highest BCUT2D eigenvalue weighted by molar-refractivity contribution is 7.09. The molecule has 0 aromatic carbocycles. The molecule has 0 aliphatic carbocycles. The molecule has 2 saturated heterocycles. The van der Waals surface area contributed by atoms with Crippen molar-refractivity contribution in [2.24, 2.45) is 0 Å². The molecule has 3 nitrogen and oxygen atoms in total. The number of ether oxygens (including phenoxy) is 2. The minimum atomic E-state index is 0.101. The summed E-state index contributed by atoms with van der Waals surface area (Å²) < 4.78 is 11.5. The highest BCUT2D eigenvalue weighted by Gasteiger charge is 2.38. The topological polar surface area (TPSA) is 30.5 Å². The van der Waals surface area contributed by atoms with Gasteiger partial charge in [-0.2, -0.15) is 0 Å². The Balaban J connectivity index is 1.53. The van der Waals surface area contributed by atoms with E-state index in [1.165, 1.54) is 4.88 Å². The van der Waals surface area contributed by atoms with Crippen LogP contribution in [-0.4, -0.2) is 31.5 Å². The van der Waals surface area contributed by atoms with Gasteiger partial charge in [0.1, 0.15) is 0 Å². The molecule has 0 bridgehead atoms. The van der Waals surface area contributed by atoms with Crippen LogP contribution in [0.2, 0.25) is 0 Å². The standard InChI is InChI=1S/C14H21NO2S/c1-2-13(18-9-1)11-15-12-3-6-17-14(10-12)4-7-16-8-5-14/h1-2,9,12,15H,3-8,10-11H2. The van der Waals surface area contributed by atoms with Crippen LogP contribution in [0.25, 0.3) is 0 Å². The van der Waals surface area contributed by atoms with E-state index in [-0.39, 0.29) is 5.60 Å². The summed E-state index contributed by atoms with van der Waals surface area (Å²) >= 11 is 1.82. The van der Waals surface area contributed by atoms with Crippen molar-refractivity contribution in [2.75, 3.05) is 19.8 Å². The van der Waals surface area contributed by atoms with Crippen molar-refractivity contribution in [1.29, 1.82) is 0 Å². The van der Waals surface area contributed by atoms with Gasteiger partial charge in [0.25, 0.3) is 0 Å². The Bertz CT molecular complexity index is 354. The molecule has 1 aromatic rings. The molecule has 18 heavy (non-hydrogen) atoms. The van der Waals surface area contributed by atoms with Gasteiger partial charge in [-0.1, -0.05) is 6.07 Å². The Kier molecular flexibility index (Phi) is 3.99. The largest absolute Gasteiger partial charge is 0.381 e. The first-order valence-corrected chi connectivity index (χ1v) is 7.72. The molecule has 100 valence electrons. The first kappa shape index (κ1) is 12.6. The zero-order chi connectivity index (χ0) is 12.3. The molecule has 3 rings (SSSR count). The number of hydrogen-bond acceptors (Lipinski definition) is 4. The molecule has 1 atom stereocenters. The van der Waals surface area contributed by atoms with Crippen LogP contribution in [0.15, 0.2) is 17.5 Å². The quantitative estimate of drug-likeness (QED) is 0.913. The first-order chi connectivity index (χ1) is 8.86. The van der Waals surface area contributed by atoms with Gasteiger partial charge in [0.05, 0.1) is 5.60 Å². The minimum Gasteiger partial charge on any atom is -0.381 e. The van der Waals surface area contributed by atoms with Crippen molar-refractivity contribution in [2.45, 2.75) is 43.9 Å². The second kappa shape index (κ2) is 5.70. The third-order valence-corrected chi connectivity index (χ3v) is 4.92. The van der Waals surface area contributed by atoms with Gasteiger partial charge >= 0.3 is 0 Å². The highest BCUT2D eigenvalue weighted by Crippen LogP contribution is 2.34. The van der Waals surface area contributed by atoms with E-state index >= 15 is 0 Å². The van der Waals surface area contributed by atoms with E-state index < -0.39 is 0 Å². The molecule has 1 N–H and O–H groups in total. The molecule has 1 unspecified atom stereocenters. The van der Waals surface area contributed by atoms with E-state index in [1.807, 2.05) is 11.3 Å². The summed E-state index contributed by atoms with van der Waals surface area (Å²) in [6, 6.07) is 4.91. The monoisotopic (exact) mass is 267 g/mol. The zero-order valence-corrected chi connectivity index (χ0v) is 11.5.